The maximum atomic E-state index is 9.32. The third-order valence-electron chi connectivity index (χ3n) is 2.00. The molecule has 0 bridgehead atoms. The first-order valence-electron chi connectivity index (χ1n) is 3.95. The molecule has 1 atom stereocenters. The van der Waals surface area contributed by atoms with Crippen LogP contribution in [-0.4, -0.2) is 17.3 Å². The topological polar surface area (TPSA) is 52.5 Å². The van der Waals surface area contributed by atoms with Crippen LogP contribution in [-0.2, 0) is 0 Å². The van der Waals surface area contributed by atoms with Crippen molar-refractivity contribution >= 4 is 15.9 Å². The lowest BCUT2D eigenvalue weighted by Crippen LogP contribution is -2.12. The van der Waals surface area contributed by atoms with Gasteiger partial charge >= 0.3 is 0 Å². The van der Waals surface area contributed by atoms with Gasteiger partial charge in [0.2, 0.25) is 0 Å². The van der Waals surface area contributed by atoms with Gasteiger partial charge in [-0.2, -0.15) is 0 Å². The van der Waals surface area contributed by atoms with Crippen LogP contribution in [0.15, 0.2) is 16.6 Å². The van der Waals surface area contributed by atoms with E-state index in [0.29, 0.717) is 4.47 Å². The number of benzene rings is 1. The molecule has 0 saturated carbocycles. The molecule has 1 aromatic carbocycles. The summed E-state index contributed by atoms with van der Waals surface area (Å²) in [5.74, 6) is -0.224. The second-order valence-electron chi connectivity index (χ2n) is 2.88. The van der Waals surface area contributed by atoms with E-state index in [1.807, 2.05) is 14.0 Å². The summed E-state index contributed by atoms with van der Waals surface area (Å²) >= 11 is 3.16. The van der Waals surface area contributed by atoms with Gasteiger partial charge in [-0.25, -0.2) is 0 Å². The third kappa shape index (κ3) is 2.14. The molecule has 3 N–H and O–H groups in total. The molecule has 0 heterocycles. The molecule has 0 aliphatic rings. The van der Waals surface area contributed by atoms with Crippen LogP contribution in [0.1, 0.15) is 18.5 Å². The Labute approximate surface area is 85.5 Å². The zero-order valence-electron chi connectivity index (χ0n) is 7.50. The summed E-state index contributed by atoms with van der Waals surface area (Å²) in [7, 11) is 1.84. The molecule has 1 rings (SSSR count). The lowest BCUT2D eigenvalue weighted by Gasteiger charge is -2.12. The molecule has 72 valence electrons. The summed E-state index contributed by atoms with van der Waals surface area (Å²) in [6.07, 6.45) is 0. The molecular weight excluding hydrogens is 234 g/mol. The van der Waals surface area contributed by atoms with Gasteiger partial charge in [0.15, 0.2) is 11.5 Å². The molecule has 0 aliphatic carbocycles. The van der Waals surface area contributed by atoms with E-state index in [2.05, 4.69) is 21.2 Å². The maximum Gasteiger partial charge on any atom is 0.171 e. The highest BCUT2D eigenvalue weighted by atomic mass is 79.9. The molecule has 0 unspecified atom stereocenters. The Morgan fingerprint density at radius 1 is 1.38 bits per heavy atom. The Morgan fingerprint density at radius 3 is 2.46 bits per heavy atom. The van der Waals surface area contributed by atoms with E-state index in [-0.39, 0.29) is 17.5 Å². The molecule has 0 spiro atoms. The minimum Gasteiger partial charge on any atom is -0.504 e. The lowest BCUT2D eigenvalue weighted by molar-refractivity contribution is 0.400. The molecule has 13 heavy (non-hydrogen) atoms. The van der Waals surface area contributed by atoms with Gasteiger partial charge in [-0.05, 0) is 47.6 Å². The van der Waals surface area contributed by atoms with Crippen molar-refractivity contribution in [2.24, 2.45) is 0 Å². The maximum absolute atomic E-state index is 9.32. The number of nitrogens with one attached hydrogen (secondary N) is 1. The Balaban J connectivity index is 3.13. The van der Waals surface area contributed by atoms with Crippen LogP contribution in [0.25, 0.3) is 0 Å². The number of halogens is 1. The van der Waals surface area contributed by atoms with E-state index < -0.39 is 0 Å². The first-order valence-corrected chi connectivity index (χ1v) is 4.74. The standard InChI is InChI=1S/C9H12BrNO2/c1-5(11-2)6-3-7(10)9(13)8(12)4-6/h3-5,11-13H,1-2H3/t5-/m0/s1. The van der Waals surface area contributed by atoms with Gasteiger partial charge in [-0.1, -0.05) is 0 Å². The van der Waals surface area contributed by atoms with Crippen molar-refractivity contribution in [3.05, 3.63) is 22.2 Å². The largest absolute Gasteiger partial charge is 0.504 e. The monoisotopic (exact) mass is 245 g/mol. The first-order chi connectivity index (χ1) is 6.06. The van der Waals surface area contributed by atoms with Gasteiger partial charge < -0.3 is 15.5 Å². The van der Waals surface area contributed by atoms with Crippen LogP contribution in [0.3, 0.4) is 0 Å². The second-order valence-corrected chi connectivity index (χ2v) is 3.74. The van der Waals surface area contributed by atoms with Crippen molar-refractivity contribution < 1.29 is 10.2 Å². The highest BCUT2D eigenvalue weighted by Gasteiger charge is 2.10. The van der Waals surface area contributed by atoms with Crippen molar-refractivity contribution in [1.82, 2.24) is 5.32 Å². The molecule has 4 heteroatoms. The van der Waals surface area contributed by atoms with Gasteiger partial charge in [0.25, 0.3) is 0 Å². The molecule has 1 aromatic rings. The highest BCUT2D eigenvalue weighted by molar-refractivity contribution is 9.10. The summed E-state index contributed by atoms with van der Waals surface area (Å²) in [4.78, 5) is 0. The van der Waals surface area contributed by atoms with E-state index in [1.54, 1.807) is 12.1 Å². The Morgan fingerprint density at radius 2 is 2.00 bits per heavy atom. The number of hydrogen-bond acceptors (Lipinski definition) is 3. The molecule has 0 radical (unpaired) electrons. The van der Waals surface area contributed by atoms with E-state index >= 15 is 0 Å². The van der Waals surface area contributed by atoms with Crippen molar-refractivity contribution in [2.75, 3.05) is 7.05 Å². The second kappa shape index (κ2) is 3.98. The van der Waals surface area contributed by atoms with Gasteiger partial charge in [0.1, 0.15) is 0 Å². The van der Waals surface area contributed by atoms with Crippen LogP contribution in [0.2, 0.25) is 0 Å². The first kappa shape index (κ1) is 10.3. The van der Waals surface area contributed by atoms with Gasteiger partial charge in [-0.15, -0.1) is 0 Å². The summed E-state index contributed by atoms with van der Waals surface area (Å²) in [6.45, 7) is 1.97. The van der Waals surface area contributed by atoms with E-state index in [4.69, 9.17) is 0 Å². The number of rotatable bonds is 2. The van der Waals surface area contributed by atoms with Crippen molar-refractivity contribution in [1.29, 1.82) is 0 Å². The average Bonchev–Trinajstić information content (AvgIpc) is 2.12. The summed E-state index contributed by atoms with van der Waals surface area (Å²) in [5, 5.41) is 21.6. The molecular formula is C9H12BrNO2. The van der Waals surface area contributed by atoms with Gasteiger partial charge in [0.05, 0.1) is 4.47 Å². The predicted molar refractivity (Wildman–Crippen MR) is 54.9 cm³/mol. The van der Waals surface area contributed by atoms with E-state index in [9.17, 15) is 10.2 Å². The summed E-state index contributed by atoms with van der Waals surface area (Å²) < 4.78 is 0.504. The Kier molecular flexibility index (Phi) is 3.17. The summed E-state index contributed by atoms with van der Waals surface area (Å²) in [5.41, 5.74) is 0.921. The fourth-order valence-corrected chi connectivity index (χ4v) is 1.49. The number of hydrogen-bond donors (Lipinski definition) is 3. The Hall–Kier alpha value is -0.740. The van der Waals surface area contributed by atoms with E-state index in [0.717, 1.165) is 5.56 Å². The van der Waals surface area contributed by atoms with Crippen LogP contribution >= 0.6 is 15.9 Å². The van der Waals surface area contributed by atoms with Crippen LogP contribution in [0.5, 0.6) is 11.5 Å². The number of aromatic hydroxyl groups is 2. The average molecular weight is 246 g/mol. The molecule has 0 saturated heterocycles. The molecule has 0 aromatic heterocycles. The highest BCUT2D eigenvalue weighted by Crippen LogP contribution is 2.35. The minimum absolute atomic E-state index is 0.105. The van der Waals surface area contributed by atoms with Gasteiger partial charge in [0, 0.05) is 6.04 Å². The van der Waals surface area contributed by atoms with Gasteiger partial charge in [-0.3, -0.25) is 0 Å². The quantitative estimate of drug-likeness (QED) is 0.701. The molecule has 3 nitrogen and oxygen atoms in total. The molecule has 0 fully saturated rings. The minimum atomic E-state index is -0.118. The lowest BCUT2D eigenvalue weighted by atomic mass is 10.1. The SMILES string of the molecule is CN[C@@H](C)c1cc(O)c(O)c(Br)c1. The fraction of sp³-hybridized carbons (Fsp3) is 0.333. The molecule has 0 amide bonds. The van der Waals surface area contributed by atoms with E-state index in [1.165, 1.54) is 0 Å². The van der Waals surface area contributed by atoms with Crippen LogP contribution in [0.4, 0.5) is 0 Å². The smallest absolute Gasteiger partial charge is 0.171 e. The van der Waals surface area contributed by atoms with Crippen molar-refractivity contribution in [3.8, 4) is 11.5 Å². The third-order valence-corrected chi connectivity index (χ3v) is 2.60. The predicted octanol–water partition coefficient (Wildman–Crippen LogP) is 2.14. The van der Waals surface area contributed by atoms with Crippen LogP contribution in [0, 0.1) is 0 Å². The Bertz CT molecular complexity index is 291. The zero-order valence-corrected chi connectivity index (χ0v) is 9.09. The van der Waals surface area contributed by atoms with Crippen molar-refractivity contribution in [3.63, 3.8) is 0 Å². The normalized spacial score (nSPS) is 12.8. The van der Waals surface area contributed by atoms with Crippen LogP contribution < -0.4 is 5.32 Å². The summed E-state index contributed by atoms with van der Waals surface area (Å²) in [6, 6.07) is 3.46. The number of phenolic OH excluding ortho intramolecular Hbond substituents is 2. The zero-order chi connectivity index (χ0) is 10.0. The molecule has 0 aliphatic heterocycles. The number of phenols is 2. The fourth-order valence-electron chi connectivity index (χ4n) is 1.02. The van der Waals surface area contributed by atoms with Crippen molar-refractivity contribution in [2.45, 2.75) is 13.0 Å².